The van der Waals surface area contributed by atoms with Crippen LogP contribution in [0.4, 0.5) is 0 Å². The fourth-order valence-electron chi connectivity index (χ4n) is 3.19. The molecule has 2 aliphatic rings. The molecular weight excluding hydrogens is 178 g/mol. The van der Waals surface area contributed by atoms with Crippen LogP contribution in [-0.2, 0) is 4.79 Å². The van der Waals surface area contributed by atoms with Crippen LogP contribution >= 0.6 is 0 Å². The summed E-state index contributed by atoms with van der Waals surface area (Å²) in [5.74, 6) is 0.403. The molecular formula is C11H17NO2. The number of nitrogens with two attached hydrogens (primary N) is 1. The lowest BCUT2D eigenvalue weighted by molar-refractivity contribution is -0.144. The zero-order chi connectivity index (χ0) is 10.3. The van der Waals surface area contributed by atoms with E-state index in [0.29, 0.717) is 18.4 Å². The Hall–Kier alpha value is -0.830. The number of carboxylic acids is 1. The van der Waals surface area contributed by atoms with E-state index in [2.05, 4.69) is 13.0 Å². The largest absolute Gasteiger partial charge is 0.481 e. The quantitative estimate of drug-likeness (QED) is 0.669. The van der Waals surface area contributed by atoms with E-state index in [1.54, 1.807) is 0 Å². The minimum atomic E-state index is -0.710. The Labute approximate surface area is 84.0 Å². The summed E-state index contributed by atoms with van der Waals surface area (Å²) in [6, 6.07) is 0. The van der Waals surface area contributed by atoms with Crippen molar-refractivity contribution in [2.45, 2.75) is 26.2 Å². The smallest absolute Gasteiger partial charge is 0.303 e. The zero-order valence-corrected chi connectivity index (χ0v) is 8.49. The molecule has 3 nitrogen and oxygen atoms in total. The number of carbonyl (C=O) groups is 1. The van der Waals surface area contributed by atoms with Gasteiger partial charge in [-0.3, -0.25) is 4.79 Å². The second kappa shape index (κ2) is 3.09. The maximum absolute atomic E-state index is 10.8. The molecule has 0 aromatic rings. The molecule has 1 saturated carbocycles. The maximum Gasteiger partial charge on any atom is 0.303 e. The monoisotopic (exact) mass is 195 g/mol. The highest BCUT2D eigenvalue weighted by atomic mass is 16.4. The number of fused-ring (bicyclic) bond motifs is 1. The van der Waals surface area contributed by atoms with Crippen LogP contribution in [0.25, 0.3) is 0 Å². The van der Waals surface area contributed by atoms with E-state index in [0.717, 1.165) is 12.8 Å². The van der Waals surface area contributed by atoms with Crippen molar-refractivity contribution in [1.29, 1.82) is 0 Å². The summed E-state index contributed by atoms with van der Waals surface area (Å²) < 4.78 is 0. The summed E-state index contributed by atoms with van der Waals surface area (Å²) in [6.45, 7) is 2.64. The summed E-state index contributed by atoms with van der Waals surface area (Å²) in [7, 11) is 0. The molecule has 0 heterocycles. The predicted molar refractivity (Wildman–Crippen MR) is 53.7 cm³/mol. The summed E-state index contributed by atoms with van der Waals surface area (Å²) in [4.78, 5) is 10.8. The Morgan fingerprint density at radius 3 is 3.00 bits per heavy atom. The molecule has 14 heavy (non-hydrogen) atoms. The highest BCUT2D eigenvalue weighted by Gasteiger charge is 2.54. The third-order valence-corrected chi connectivity index (χ3v) is 3.90. The molecule has 3 N–H and O–H groups in total. The summed E-state index contributed by atoms with van der Waals surface area (Å²) in [5, 5.41) is 8.86. The number of aliphatic carboxylic acids is 1. The molecule has 1 fully saturated rings. The first-order valence-corrected chi connectivity index (χ1v) is 5.16. The Bertz CT molecular complexity index is 298. The van der Waals surface area contributed by atoms with E-state index in [9.17, 15) is 4.79 Å². The molecule has 0 bridgehead atoms. The molecule has 3 heteroatoms. The minimum absolute atomic E-state index is 0.106. The lowest BCUT2D eigenvalue weighted by atomic mass is 9.53. The number of rotatable bonds is 3. The van der Waals surface area contributed by atoms with Gasteiger partial charge in [0.25, 0.3) is 0 Å². The van der Waals surface area contributed by atoms with Crippen LogP contribution in [0.1, 0.15) is 26.2 Å². The average Bonchev–Trinajstić information content (AvgIpc) is 2.39. The number of hydrogen-bond donors (Lipinski definition) is 2. The maximum atomic E-state index is 10.8. The molecule has 2 aliphatic carbocycles. The van der Waals surface area contributed by atoms with Gasteiger partial charge >= 0.3 is 5.97 Å². The third-order valence-electron chi connectivity index (χ3n) is 3.90. The van der Waals surface area contributed by atoms with Gasteiger partial charge in [-0.15, -0.1) is 0 Å². The van der Waals surface area contributed by atoms with Gasteiger partial charge in [-0.25, -0.2) is 0 Å². The summed E-state index contributed by atoms with van der Waals surface area (Å²) >= 11 is 0. The zero-order valence-electron chi connectivity index (χ0n) is 8.49. The fraction of sp³-hybridized carbons (Fsp3) is 0.727. The van der Waals surface area contributed by atoms with Crippen molar-refractivity contribution in [3.63, 3.8) is 0 Å². The molecule has 0 spiro atoms. The van der Waals surface area contributed by atoms with Crippen molar-refractivity contribution in [3.05, 3.63) is 11.6 Å². The van der Waals surface area contributed by atoms with Gasteiger partial charge in [0.1, 0.15) is 0 Å². The Morgan fingerprint density at radius 1 is 1.79 bits per heavy atom. The molecule has 0 aromatic carbocycles. The van der Waals surface area contributed by atoms with E-state index < -0.39 is 5.97 Å². The van der Waals surface area contributed by atoms with Gasteiger partial charge in [0, 0.05) is 0 Å². The first kappa shape index (κ1) is 9.71. The number of carboxylic acid groups (broad SMARTS) is 1. The molecule has 3 atom stereocenters. The number of hydrogen-bond acceptors (Lipinski definition) is 2. The molecule has 0 aromatic heterocycles. The van der Waals surface area contributed by atoms with Gasteiger partial charge in [-0.2, -0.15) is 0 Å². The highest BCUT2D eigenvalue weighted by molar-refractivity contribution is 5.68. The second-order valence-corrected chi connectivity index (χ2v) is 4.83. The third kappa shape index (κ3) is 1.27. The second-order valence-electron chi connectivity index (χ2n) is 4.83. The van der Waals surface area contributed by atoms with Crippen LogP contribution in [0.15, 0.2) is 11.6 Å². The van der Waals surface area contributed by atoms with Crippen molar-refractivity contribution in [3.8, 4) is 0 Å². The summed E-state index contributed by atoms with van der Waals surface area (Å²) in [6.07, 6.45) is 4.55. The van der Waals surface area contributed by atoms with Crippen molar-refractivity contribution in [1.82, 2.24) is 0 Å². The van der Waals surface area contributed by atoms with Gasteiger partial charge in [0.05, 0.1) is 6.42 Å². The molecule has 0 aliphatic heterocycles. The van der Waals surface area contributed by atoms with Gasteiger partial charge in [0.2, 0.25) is 0 Å². The van der Waals surface area contributed by atoms with Crippen LogP contribution in [-0.4, -0.2) is 17.6 Å². The SMILES string of the molecule is CC1=CC2C[C@@](CN)(CC(=O)O)C2C1. The highest BCUT2D eigenvalue weighted by Crippen LogP contribution is 2.59. The molecule has 0 amide bonds. The molecule has 2 unspecified atom stereocenters. The standard InChI is InChI=1S/C11H17NO2/c1-7-2-8-4-11(6-12,5-10(13)14)9(8)3-7/h2,8-9H,3-6,12H2,1H3,(H,13,14)/t8?,9?,11-/m0/s1. The van der Waals surface area contributed by atoms with E-state index in [4.69, 9.17) is 10.8 Å². The Balaban J connectivity index is 2.08. The van der Waals surface area contributed by atoms with Crippen LogP contribution in [0, 0.1) is 17.3 Å². The lowest BCUT2D eigenvalue weighted by Crippen LogP contribution is -2.51. The molecule has 2 rings (SSSR count). The molecule has 78 valence electrons. The first-order valence-electron chi connectivity index (χ1n) is 5.16. The van der Waals surface area contributed by atoms with Crippen LogP contribution in [0.3, 0.4) is 0 Å². The van der Waals surface area contributed by atoms with Crippen molar-refractivity contribution < 1.29 is 9.90 Å². The Kier molecular flexibility index (Phi) is 2.14. The van der Waals surface area contributed by atoms with E-state index in [-0.39, 0.29) is 11.8 Å². The molecule has 0 radical (unpaired) electrons. The van der Waals surface area contributed by atoms with E-state index in [1.807, 2.05) is 0 Å². The first-order chi connectivity index (χ1) is 6.57. The van der Waals surface area contributed by atoms with E-state index >= 15 is 0 Å². The summed E-state index contributed by atoms with van der Waals surface area (Å²) in [5.41, 5.74) is 7.03. The van der Waals surface area contributed by atoms with Crippen molar-refractivity contribution in [2.75, 3.05) is 6.54 Å². The van der Waals surface area contributed by atoms with Gasteiger partial charge in [-0.05, 0) is 43.6 Å². The van der Waals surface area contributed by atoms with Crippen LogP contribution < -0.4 is 5.73 Å². The normalized spacial score (nSPS) is 40.0. The van der Waals surface area contributed by atoms with E-state index in [1.165, 1.54) is 5.57 Å². The fourth-order valence-corrected chi connectivity index (χ4v) is 3.19. The van der Waals surface area contributed by atoms with Gasteiger partial charge in [0.15, 0.2) is 0 Å². The van der Waals surface area contributed by atoms with Crippen LogP contribution in [0.2, 0.25) is 0 Å². The average molecular weight is 195 g/mol. The molecule has 0 saturated heterocycles. The van der Waals surface area contributed by atoms with Gasteiger partial charge < -0.3 is 10.8 Å². The van der Waals surface area contributed by atoms with Crippen molar-refractivity contribution >= 4 is 5.97 Å². The van der Waals surface area contributed by atoms with Gasteiger partial charge in [-0.1, -0.05) is 11.6 Å². The number of allylic oxidation sites excluding steroid dienone is 2. The topological polar surface area (TPSA) is 63.3 Å². The lowest BCUT2D eigenvalue weighted by Gasteiger charge is -2.51. The predicted octanol–water partition coefficient (Wildman–Crippen LogP) is 1.39. The van der Waals surface area contributed by atoms with Crippen LogP contribution in [0.5, 0.6) is 0 Å². The van der Waals surface area contributed by atoms with Crippen molar-refractivity contribution in [2.24, 2.45) is 23.0 Å². The Morgan fingerprint density at radius 2 is 2.50 bits per heavy atom. The minimum Gasteiger partial charge on any atom is -0.481 e.